The van der Waals surface area contributed by atoms with Crippen LogP contribution in [0.15, 0.2) is 42.6 Å². The first-order valence-electron chi connectivity index (χ1n) is 6.34. The maximum Gasteiger partial charge on any atom is 0.169 e. The van der Waals surface area contributed by atoms with Gasteiger partial charge in [-0.1, -0.05) is 19.1 Å². The standard InChI is InChI=1S/C15H18N2O2/c1-3-9-16-15-11-12(8-10-17-15)19-14-7-5-4-6-13(14)18-2/h4-8,10-11H,3,9H2,1-2H3,(H,16,17). The second-order valence-corrected chi connectivity index (χ2v) is 4.06. The Bertz CT molecular complexity index is 529. The quantitative estimate of drug-likeness (QED) is 0.857. The summed E-state index contributed by atoms with van der Waals surface area (Å²) in [6.07, 6.45) is 2.78. The molecule has 0 atom stereocenters. The van der Waals surface area contributed by atoms with Crippen LogP contribution >= 0.6 is 0 Å². The molecule has 0 bridgehead atoms. The van der Waals surface area contributed by atoms with E-state index in [1.807, 2.05) is 36.4 Å². The highest BCUT2D eigenvalue weighted by molar-refractivity contribution is 5.46. The molecule has 1 heterocycles. The van der Waals surface area contributed by atoms with Gasteiger partial charge in [-0.25, -0.2) is 4.98 Å². The molecule has 0 fully saturated rings. The molecule has 1 N–H and O–H groups in total. The summed E-state index contributed by atoms with van der Waals surface area (Å²) < 4.78 is 11.1. The van der Waals surface area contributed by atoms with Gasteiger partial charge in [0.05, 0.1) is 7.11 Å². The van der Waals surface area contributed by atoms with Gasteiger partial charge in [-0.15, -0.1) is 0 Å². The summed E-state index contributed by atoms with van der Waals surface area (Å²) in [5.41, 5.74) is 0. The number of ether oxygens (including phenoxy) is 2. The van der Waals surface area contributed by atoms with E-state index >= 15 is 0 Å². The molecule has 2 aromatic rings. The van der Waals surface area contributed by atoms with Gasteiger partial charge in [-0.2, -0.15) is 0 Å². The van der Waals surface area contributed by atoms with Gasteiger partial charge in [0.15, 0.2) is 11.5 Å². The first kappa shape index (κ1) is 13.2. The first-order valence-corrected chi connectivity index (χ1v) is 6.34. The molecule has 1 aromatic carbocycles. The van der Waals surface area contributed by atoms with E-state index in [1.54, 1.807) is 13.3 Å². The molecule has 2 rings (SSSR count). The average Bonchev–Trinajstić information content (AvgIpc) is 2.46. The number of methoxy groups -OCH3 is 1. The molecule has 0 aliphatic carbocycles. The zero-order chi connectivity index (χ0) is 13.5. The third-order valence-corrected chi connectivity index (χ3v) is 2.58. The molecule has 0 saturated carbocycles. The van der Waals surface area contributed by atoms with Crippen molar-refractivity contribution < 1.29 is 9.47 Å². The first-order chi connectivity index (χ1) is 9.33. The third kappa shape index (κ3) is 3.61. The van der Waals surface area contributed by atoms with Gasteiger partial charge in [0.2, 0.25) is 0 Å². The van der Waals surface area contributed by atoms with E-state index in [4.69, 9.17) is 9.47 Å². The van der Waals surface area contributed by atoms with E-state index in [0.29, 0.717) is 11.5 Å². The Morgan fingerprint density at radius 1 is 1.16 bits per heavy atom. The molecule has 0 amide bonds. The Balaban J connectivity index is 2.14. The second-order valence-electron chi connectivity index (χ2n) is 4.06. The predicted octanol–water partition coefficient (Wildman–Crippen LogP) is 3.70. The predicted molar refractivity (Wildman–Crippen MR) is 76.1 cm³/mol. The summed E-state index contributed by atoms with van der Waals surface area (Å²) in [5.74, 6) is 2.95. The molecule has 0 radical (unpaired) electrons. The number of para-hydroxylation sites is 2. The molecular formula is C15H18N2O2. The van der Waals surface area contributed by atoms with Crippen molar-refractivity contribution in [2.45, 2.75) is 13.3 Å². The molecule has 0 aliphatic heterocycles. The number of pyridine rings is 1. The fourth-order valence-corrected chi connectivity index (χ4v) is 1.65. The molecule has 19 heavy (non-hydrogen) atoms. The van der Waals surface area contributed by atoms with Crippen molar-refractivity contribution in [3.8, 4) is 17.2 Å². The molecule has 0 unspecified atom stereocenters. The van der Waals surface area contributed by atoms with Crippen LogP contribution in [0.25, 0.3) is 0 Å². The zero-order valence-corrected chi connectivity index (χ0v) is 11.2. The minimum Gasteiger partial charge on any atom is -0.493 e. The van der Waals surface area contributed by atoms with Crippen LogP contribution in [0.5, 0.6) is 17.2 Å². The van der Waals surface area contributed by atoms with Crippen LogP contribution < -0.4 is 14.8 Å². The van der Waals surface area contributed by atoms with Gasteiger partial charge in [0.1, 0.15) is 11.6 Å². The highest BCUT2D eigenvalue weighted by Crippen LogP contribution is 2.31. The Hall–Kier alpha value is -2.23. The molecule has 1 aromatic heterocycles. The van der Waals surface area contributed by atoms with E-state index in [-0.39, 0.29) is 0 Å². The summed E-state index contributed by atoms with van der Waals surface area (Å²) >= 11 is 0. The third-order valence-electron chi connectivity index (χ3n) is 2.58. The van der Waals surface area contributed by atoms with E-state index < -0.39 is 0 Å². The molecule has 0 aliphatic rings. The largest absolute Gasteiger partial charge is 0.493 e. The van der Waals surface area contributed by atoms with Gasteiger partial charge >= 0.3 is 0 Å². The van der Waals surface area contributed by atoms with Crippen molar-refractivity contribution in [3.05, 3.63) is 42.6 Å². The van der Waals surface area contributed by atoms with E-state index in [0.717, 1.165) is 24.5 Å². The molecule has 4 heteroatoms. The maximum atomic E-state index is 5.82. The van der Waals surface area contributed by atoms with Crippen molar-refractivity contribution in [1.82, 2.24) is 4.98 Å². The number of hydrogen-bond acceptors (Lipinski definition) is 4. The Labute approximate surface area is 113 Å². The van der Waals surface area contributed by atoms with Crippen molar-refractivity contribution in [2.75, 3.05) is 19.0 Å². The lowest BCUT2D eigenvalue weighted by Gasteiger charge is -2.11. The molecule has 0 spiro atoms. The molecular weight excluding hydrogens is 240 g/mol. The minimum absolute atomic E-state index is 0.692. The summed E-state index contributed by atoms with van der Waals surface area (Å²) in [4.78, 5) is 4.24. The van der Waals surface area contributed by atoms with Crippen LogP contribution in [0.3, 0.4) is 0 Å². The number of hydrogen-bond donors (Lipinski definition) is 1. The van der Waals surface area contributed by atoms with Gasteiger partial charge < -0.3 is 14.8 Å². The maximum absolute atomic E-state index is 5.82. The van der Waals surface area contributed by atoms with Crippen molar-refractivity contribution in [2.24, 2.45) is 0 Å². The normalized spacial score (nSPS) is 10.0. The lowest BCUT2D eigenvalue weighted by Crippen LogP contribution is -2.01. The summed E-state index contributed by atoms with van der Waals surface area (Å²) in [6, 6.07) is 11.3. The average molecular weight is 258 g/mol. The van der Waals surface area contributed by atoms with Crippen molar-refractivity contribution in [3.63, 3.8) is 0 Å². The van der Waals surface area contributed by atoms with Gasteiger partial charge in [-0.05, 0) is 24.6 Å². The number of benzene rings is 1. The van der Waals surface area contributed by atoms with Gasteiger partial charge in [-0.3, -0.25) is 0 Å². The number of anilines is 1. The summed E-state index contributed by atoms with van der Waals surface area (Å²) in [7, 11) is 1.63. The lowest BCUT2D eigenvalue weighted by molar-refractivity contribution is 0.379. The van der Waals surface area contributed by atoms with Crippen LogP contribution in [0.1, 0.15) is 13.3 Å². The molecule has 0 saturated heterocycles. The van der Waals surface area contributed by atoms with Crippen LogP contribution in [-0.4, -0.2) is 18.6 Å². The Morgan fingerprint density at radius 3 is 2.68 bits per heavy atom. The van der Waals surface area contributed by atoms with E-state index in [1.165, 1.54) is 0 Å². The number of nitrogens with zero attached hydrogens (tertiary/aromatic N) is 1. The number of nitrogens with one attached hydrogen (secondary N) is 1. The topological polar surface area (TPSA) is 43.4 Å². The van der Waals surface area contributed by atoms with E-state index in [2.05, 4.69) is 17.2 Å². The highest BCUT2D eigenvalue weighted by atomic mass is 16.5. The SMILES string of the molecule is CCCNc1cc(Oc2ccccc2OC)ccn1. The minimum atomic E-state index is 0.692. The van der Waals surface area contributed by atoms with Gasteiger partial charge in [0, 0.05) is 18.8 Å². The molecule has 100 valence electrons. The zero-order valence-electron chi connectivity index (χ0n) is 11.2. The van der Waals surface area contributed by atoms with Crippen LogP contribution in [0.2, 0.25) is 0 Å². The van der Waals surface area contributed by atoms with Crippen LogP contribution in [0, 0.1) is 0 Å². The number of aromatic nitrogens is 1. The highest BCUT2D eigenvalue weighted by Gasteiger charge is 2.05. The lowest BCUT2D eigenvalue weighted by atomic mass is 10.3. The van der Waals surface area contributed by atoms with E-state index in [9.17, 15) is 0 Å². The monoisotopic (exact) mass is 258 g/mol. The fraction of sp³-hybridized carbons (Fsp3) is 0.267. The summed E-state index contributed by atoms with van der Waals surface area (Å²) in [5, 5.41) is 3.23. The second kappa shape index (κ2) is 6.64. The van der Waals surface area contributed by atoms with Gasteiger partial charge in [0.25, 0.3) is 0 Å². The summed E-state index contributed by atoms with van der Waals surface area (Å²) in [6.45, 7) is 3.01. The number of rotatable bonds is 6. The van der Waals surface area contributed by atoms with Crippen molar-refractivity contribution >= 4 is 5.82 Å². The van der Waals surface area contributed by atoms with Crippen LogP contribution in [-0.2, 0) is 0 Å². The Kier molecular flexibility index (Phi) is 4.61. The van der Waals surface area contributed by atoms with Crippen molar-refractivity contribution in [1.29, 1.82) is 0 Å². The molecule has 4 nitrogen and oxygen atoms in total. The van der Waals surface area contributed by atoms with Crippen LogP contribution in [0.4, 0.5) is 5.82 Å². The Morgan fingerprint density at radius 2 is 1.95 bits per heavy atom. The fourth-order valence-electron chi connectivity index (χ4n) is 1.65. The smallest absolute Gasteiger partial charge is 0.169 e.